The lowest BCUT2D eigenvalue weighted by molar-refractivity contribution is 0.359. The fourth-order valence-electron chi connectivity index (χ4n) is 2.30. The number of rotatable bonds is 2. The minimum Gasteiger partial charge on any atom is -0.368 e. The quantitative estimate of drug-likeness (QED) is 0.893. The van der Waals surface area contributed by atoms with Gasteiger partial charge >= 0.3 is 0 Å². The molecule has 1 atom stereocenters. The summed E-state index contributed by atoms with van der Waals surface area (Å²) in [5, 5.41) is 0. The first-order valence-electron chi connectivity index (χ1n) is 6.36. The molecule has 0 fully saturated rings. The van der Waals surface area contributed by atoms with E-state index in [2.05, 4.69) is 19.9 Å². The van der Waals surface area contributed by atoms with E-state index >= 15 is 0 Å². The Balaban J connectivity index is 2.00. The summed E-state index contributed by atoms with van der Waals surface area (Å²) in [6.45, 7) is 1.99. The summed E-state index contributed by atoms with van der Waals surface area (Å²) in [5.41, 5.74) is 7.62. The van der Waals surface area contributed by atoms with E-state index in [-0.39, 0.29) is 12.1 Å². The summed E-state index contributed by atoms with van der Waals surface area (Å²) in [6, 6.07) is 7.84. The molecule has 0 aliphatic carbocycles. The molecule has 3 rings (SSSR count). The molecule has 0 radical (unpaired) electrons. The number of anilines is 2. The highest BCUT2D eigenvalue weighted by molar-refractivity contribution is 5.48. The molecule has 0 saturated carbocycles. The minimum atomic E-state index is -0.0239. The zero-order valence-electron chi connectivity index (χ0n) is 11.4. The van der Waals surface area contributed by atoms with Gasteiger partial charge in [0.15, 0.2) is 0 Å². The average Bonchev–Trinajstić information content (AvgIpc) is 2.80. The van der Waals surface area contributed by atoms with Gasteiger partial charge in [0.05, 0.1) is 5.69 Å². The van der Waals surface area contributed by atoms with Crippen molar-refractivity contribution in [2.45, 2.75) is 13.1 Å². The molecule has 0 saturated heterocycles. The number of pyridine rings is 1. The number of nitrogens with zero attached hydrogens (tertiary/aromatic N) is 5. The van der Waals surface area contributed by atoms with Crippen LogP contribution in [0.15, 0.2) is 42.9 Å². The van der Waals surface area contributed by atoms with Gasteiger partial charge in [-0.05, 0) is 25.1 Å². The van der Waals surface area contributed by atoms with Crippen molar-refractivity contribution < 1.29 is 0 Å². The summed E-state index contributed by atoms with van der Waals surface area (Å²) in [4.78, 5) is 16.9. The highest BCUT2D eigenvalue weighted by Crippen LogP contribution is 2.32. The number of aryl methyl sites for hydroxylation is 1. The summed E-state index contributed by atoms with van der Waals surface area (Å²) in [5.74, 6) is 1.02. The zero-order chi connectivity index (χ0) is 14.1. The fourth-order valence-corrected chi connectivity index (χ4v) is 2.30. The van der Waals surface area contributed by atoms with Gasteiger partial charge in [0.1, 0.15) is 12.0 Å². The van der Waals surface area contributed by atoms with Crippen molar-refractivity contribution in [1.82, 2.24) is 19.9 Å². The number of hydrogen-bond acceptors (Lipinski definition) is 6. The number of aromatic nitrogens is 3. The molecule has 0 spiro atoms. The summed E-state index contributed by atoms with van der Waals surface area (Å²) in [7, 11) is 2.01. The molecular formula is C14H16N6. The molecule has 2 N–H and O–H groups in total. The van der Waals surface area contributed by atoms with Gasteiger partial charge in [0.25, 0.3) is 0 Å². The van der Waals surface area contributed by atoms with Crippen molar-refractivity contribution in [2.24, 2.45) is 0 Å². The predicted octanol–water partition coefficient (Wildman–Crippen LogP) is 1.68. The van der Waals surface area contributed by atoms with Gasteiger partial charge in [-0.2, -0.15) is 4.98 Å². The third kappa shape index (κ3) is 2.16. The molecule has 0 bridgehead atoms. The first kappa shape index (κ1) is 12.4. The standard InChI is InChI=1S/C14H16N6/c1-10-4-3-5-11(17-10)13-19(2)8-9-20(13)12-6-7-16-14(15)18-12/h3-9,13H,1-2H3,(H2,15,16,18). The van der Waals surface area contributed by atoms with E-state index in [0.29, 0.717) is 0 Å². The van der Waals surface area contributed by atoms with Crippen LogP contribution in [-0.4, -0.2) is 26.9 Å². The van der Waals surface area contributed by atoms with E-state index in [1.165, 1.54) is 0 Å². The number of nitrogens with two attached hydrogens (primary N) is 1. The van der Waals surface area contributed by atoms with E-state index in [0.717, 1.165) is 17.2 Å². The SMILES string of the molecule is Cc1cccc(C2N(C)C=CN2c2ccnc(N)n2)n1. The molecule has 6 nitrogen and oxygen atoms in total. The van der Waals surface area contributed by atoms with Crippen LogP contribution >= 0.6 is 0 Å². The van der Waals surface area contributed by atoms with Crippen LogP contribution in [0, 0.1) is 6.92 Å². The van der Waals surface area contributed by atoms with E-state index in [1.54, 1.807) is 6.20 Å². The second-order valence-electron chi connectivity index (χ2n) is 4.72. The minimum absolute atomic E-state index is 0.0239. The van der Waals surface area contributed by atoms with Crippen LogP contribution in [-0.2, 0) is 0 Å². The third-order valence-corrected chi connectivity index (χ3v) is 3.21. The van der Waals surface area contributed by atoms with Gasteiger partial charge in [-0.15, -0.1) is 0 Å². The van der Waals surface area contributed by atoms with Crippen LogP contribution in [0.25, 0.3) is 0 Å². The summed E-state index contributed by atoms with van der Waals surface area (Å²) in [6.07, 6.45) is 5.60. The molecule has 6 heteroatoms. The monoisotopic (exact) mass is 268 g/mol. The van der Waals surface area contributed by atoms with Crippen molar-refractivity contribution in [1.29, 1.82) is 0 Å². The van der Waals surface area contributed by atoms with Crippen LogP contribution in [0.1, 0.15) is 17.6 Å². The lowest BCUT2D eigenvalue weighted by Crippen LogP contribution is -2.29. The topological polar surface area (TPSA) is 71.2 Å². The maximum absolute atomic E-state index is 5.67. The van der Waals surface area contributed by atoms with Gasteiger partial charge in [-0.3, -0.25) is 4.98 Å². The van der Waals surface area contributed by atoms with Gasteiger partial charge in [0.2, 0.25) is 5.95 Å². The zero-order valence-corrected chi connectivity index (χ0v) is 11.4. The molecule has 1 unspecified atom stereocenters. The summed E-state index contributed by atoms with van der Waals surface area (Å²) < 4.78 is 0. The van der Waals surface area contributed by atoms with Crippen molar-refractivity contribution in [3.8, 4) is 0 Å². The van der Waals surface area contributed by atoms with Gasteiger partial charge in [-0.25, -0.2) is 4.98 Å². The van der Waals surface area contributed by atoms with Crippen LogP contribution in [0.5, 0.6) is 0 Å². The average molecular weight is 268 g/mol. The molecule has 20 heavy (non-hydrogen) atoms. The second kappa shape index (κ2) is 4.80. The lowest BCUT2D eigenvalue weighted by atomic mass is 10.2. The number of hydrogen-bond donors (Lipinski definition) is 1. The van der Waals surface area contributed by atoms with Crippen molar-refractivity contribution in [3.05, 3.63) is 54.3 Å². The molecule has 102 valence electrons. The Bertz CT molecular complexity index is 654. The van der Waals surface area contributed by atoms with E-state index < -0.39 is 0 Å². The molecule has 2 aromatic heterocycles. The number of nitrogen functional groups attached to an aromatic ring is 1. The molecule has 3 heterocycles. The summed E-state index contributed by atoms with van der Waals surface area (Å²) >= 11 is 0. The van der Waals surface area contributed by atoms with Crippen LogP contribution in [0.3, 0.4) is 0 Å². The Morgan fingerprint density at radius 1 is 1.15 bits per heavy atom. The highest BCUT2D eigenvalue weighted by Gasteiger charge is 2.28. The maximum atomic E-state index is 5.67. The Hall–Kier alpha value is -2.63. The van der Waals surface area contributed by atoms with Gasteiger partial charge in [-0.1, -0.05) is 6.07 Å². The second-order valence-corrected chi connectivity index (χ2v) is 4.72. The van der Waals surface area contributed by atoms with E-state index in [1.807, 2.05) is 55.5 Å². The normalized spacial score (nSPS) is 17.8. The smallest absolute Gasteiger partial charge is 0.221 e. The molecule has 0 aromatic carbocycles. The third-order valence-electron chi connectivity index (χ3n) is 3.21. The van der Waals surface area contributed by atoms with Gasteiger partial charge in [0, 0.05) is 31.3 Å². The first-order chi connectivity index (χ1) is 9.65. The molecular weight excluding hydrogens is 252 g/mol. The molecule has 2 aromatic rings. The van der Waals surface area contributed by atoms with Crippen molar-refractivity contribution >= 4 is 11.8 Å². The van der Waals surface area contributed by atoms with Crippen LogP contribution in [0.2, 0.25) is 0 Å². The first-order valence-corrected chi connectivity index (χ1v) is 6.36. The van der Waals surface area contributed by atoms with E-state index in [9.17, 15) is 0 Å². The lowest BCUT2D eigenvalue weighted by Gasteiger charge is -2.29. The Morgan fingerprint density at radius 2 is 2.00 bits per heavy atom. The molecule has 1 aliphatic heterocycles. The largest absolute Gasteiger partial charge is 0.368 e. The van der Waals surface area contributed by atoms with E-state index in [4.69, 9.17) is 5.73 Å². The highest BCUT2D eigenvalue weighted by atomic mass is 15.4. The van der Waals surface area contributed by atoms with Crippen LogP contribution < -0.4 is 10.6 Å². The Kier molecular flexibility index (Phi) is 2.98. The van der Waals surface area contributed by atoms with Gasteiger partial charge < -0.3 is 15.5 Å². The maximum Gasteiger partial charge on any atom is 0.221 e. The fraction of sp³-hybridized carbons (Fsp3) is 0.214. The van der Waals surface area contributed by atoms with Crippen molar-refractivity contribution in [3.63, 3.8) is 0 Å². The Labute approximate surface area is 117 Å². The Morgan fingerprint density at radius 3 is 2.75 bits per heavy atom. The molecule has 0 amide bonds. The molecule has 1 aliphatic rings. The van der Waals surface area contributed by atoms with Crippen LogP contribution in [0.4, 0.5) is 11.8 Å². The van der Waals surface area contributed by atoms with Crippen molar-refractivity contribution in [2.75, 3.05) is 17.7 Å². The predicted molar refractivity (Wildman–Crippen MR) is 77.5 cm³/mol.